The van der Waals surface area contributed by atoms with E-state index in [2.05, 4.69) is 10.6 Å². The van der Waals surface area contributed by atoms with Crippen LogP contribution < -0.4 is 10.6 Å². The largest absolute Gasteiger partial charge is 0.374 e. The zero-order valence-electron chi connectivity index (χ0n) is 11.3. The van der Waals surface area contributed by atoms with E-state index >= 15 is 0 Å². The van der Waals surface area contributed by atoms with E-state index in [1.165, 1.54) is 0 Å². The zero-order chi connectivity index (χ0) is 13.1. The molecule has 1 aromatic carbocycles. The highest BCUT2D eigenvalue weighted by molar-refractivity contribution is 5.84. The Hall–Kier alpha value is -1.51. The minimum absolute atomic E-state index is 0.0146. The molecule has 0 aliphatic carbocycles. The third-order valence-corrected chi connectivity index (χ3v) is 2.41. The van der Waals surface area contributed by atoms with Crippen molar-refractivity contribution in [3.05, 3.63) is 29.8 Å². The van der Waals surface area contributed by atoms with Gasteiger partial charge >= 0.3 is 0 Å². The summed E-state index contributed by atoms with van der Waals surface area (Å²) in [4.78, 5) is 11.9. The minimum Gasteiger partial charge on any atom is -0.374 e. The highest BCUT2D eigenvalue weighted by Crippen LogP contribution is 2.14. The first kappa shape index (κ1) is 13.6. The van der Waals surface area contributed by atoms with E-state index < -0.39 is 0 Å². The molecule has 0 saturated carbocycles. The maximum Gasteiger partial charge on any atom is 0.242 e. The molecule has 0 spiro atoms. The molecule has 0 aromatic heterocycles. The Labute approximate surface area is 104 Å². The lowest BCUT2D eigenvalue weighted by Gasteiger charge is -2.24. The lowest BCUT2D eigenvalue weighted by atomic mass is 10.1. The Morgan fingerprint density at radius 2 is 1.82 bits per heavy atom. The van der Waals surface area contributed by atoms with Crippen molar-refractivity contribution in [3.8, 4) is 0 Å². The fourth-order valence-electron chi connectivity index (χ4n) is 1.51. The number of carbonyl (C=O) groups is 1. The molecule has 1 atom stereocenters. The van der Waals surface area contributed by atoms with Crippen LogP contribution in [0.2, 0.25) is 0 Å². The molecule has 1 aromatic rings. The Morgan fingerprint density at radius 3 is 2.35 bits per heavy atom. The van der Waals surface area contributed by atoms with Crippen molar-refractivity contribution in [2.45, 2.75) is 46.2 Å². The topological polar surface area (TPSA) is 41.1 Å². The first-order valence-corrected chi connectivity index (χ1v) is 5.94. The number of nitrogens with one attached hydrogen (secondary N) is 2. The number of hydrogen-bond donors (Lipinski definition) is 2. The molecule has 0 saturated heterocycles. The SMILES string of the molecule is Cc1ccccc1NC(C)C(=O)NC(C)(C)C. The van der Waals surface area contributed by atoms with Crippen LogP contribution >= 0.6 is 0 Å². The van der Waals surface area contributed by atoms with Crippen LogP contribution in [0.15, 0.2) is 24.3 Å². The van der Waals surface area contributed by atoms with E-state index in [9.17, 15) is 4.79 Å². The Kier molecular flexibility index (Phi) is 4.16. The highest BCUT2D eigenvalue weighted by Gasteiger charge is 2.19. The fraction of sp³-hybridized carbons (Fsp3) is 0.500. The van der Waals surface area contributed by atoms with Gasteiger partial charge in [-0.25, -0.2) is 0 Å². The van der Waals surface area contributed by atoms with Gasteiger partial charge in [0.15, 0.2) is 0 Å². The molecule has 0 aliphatic rings. The molecule has 0 bridgehead atoms. The van der Waals surface area contributed by atoms with E-state index in [1.807, 2.05) is 58.9 Å². The highest BCUT2D eigenvalue weighted by atomic mass is 16.2. The van der Waals surface area contributed by atoms with Crippen LogP contribution in [-0.4, -0.2) is 17.5 Å². The van der Waals surface area contributed by atoms with Crippen LogP contribution in [0, 0.1) is 6.92 Å². The van der Waals surface area contributed by atoms with Gasteiger partial charge < -0.3 is 10.6 Å². The molecule has 0 heterocycles. The van der Waals surface area contributed by atoms with Crippen molar-refractivity contribution in [3.63, 3.8) is 0 Å². The average Bonchev–Trinajstić information content (AvgIpc) is 2.18. The number of anilines is 1. The van der Waals surface area contributed by atoms with Crippen LogP contribution in [0.25, 0.3) is 0 Å². The molecule has 0 fully saturated rings. The van der Waals surface area contributed by atoms with E-state index in [1.54, 1.807) is 0 Å². The second kappa shape index (κ2) is 5.21. The fourth-order valence-corrected chi connectivity index (χ4v) is 1.51. The van der Waals surface area contributed by atoms with Gasteiger partial charge in [0.05, 0.1) is 0 Å². The van der Waals surface area contributed by atoms with Crippen molar-refractivity contribution in [1.82, 2.24) is 5.32 Å². The van der Waals surface area contributed by atoms with Gasteiger partial charge in [-0.2, -0.15) is 0 Å². The number of carbonyl (C=O) groups excluding carboxylic acids is 1. The molecular formula is C14H22N2O. The zero-order valence-corrected chi connectivity index (χ0v) is 11.3. The van der Waals surface area contributed by atoms with E-state index in [0.29, 0.717) is 0 Å². The third kappa shape index (κ3) is 4.47. The summed E-state index contributed by atoms with van der Waals surface area (Å²) in [5.41, 5.74) is 1.95. The van der Waals surface area contributed by atoms with Crippen molar-refractivity contribution in [2.75, 3.05) is 5.32 Å². The molecule has 3 nitrogen and oxygen atoms in total. The Bertz CT molecular complexity index is 393. The summed E-state index contributed by atoms with van der Waals surface area (Å²) >= 11 is 0. The molecule has 0 radical (unpaired) electrons. The number of aryl methyl sites for hydroxylation is 1. The summed E-state index contributed by atoms with van der Waals surface area (Å²) in [6.07, 6.45) is 0. The molecule has 0 aliphatic heterocycles. The summed E-state index contributed by atoms with van der Waals surface area (Å²) in [7, 11) is 0. The monoisotopic (exact) mass is 234 g/mol. The molecule has 17 heavy (non-hydrogen) atoms. The van der Waals surface area contributed by atoms with Crippen molar-refractivity contribution in [1.29, 1.82) is 0 Å². The predicted molar refractivity (Wildman–Crippen MR) is 72.2 cm³/mol. The summed E-state index contributed by atoms with van der Waals surface area (Å²) < 4.78 is 0. The molecule has 1 amide bonds. The maximum absolute atomic E-state index is 11.9. The van der Waals surface area contributed by atoms with Gasteiger partial charge in [-0.1, -0.05) is 18.2 Å². The van der Waals surface area contributed by atoms with Crippen LogP contribution in [0.1, 0.15) is 33.3 Å². The first-order valence-electron chi connectivity index (χ1n) is 5.94. The molecular weight excluding hydrogens is 212 g/mol. The lowest BCUT2D eigenvalue weighted by molar-refractivity contribution is -0.122. The minimum atomic E-state index is -0.240. The molecule has 2 N–H and O–H groups in total. The Balaban J connectivity index is 2.64. The normalized spacial score (nSPS) is 13.0. The van der Waals surface area contributed by atoms with Gasteiger partial charge in [-0.15, -0.1) is 0 Å². The number of hydrogen-bond acceptors (Lipinski definition) is 2. The standard InChI is InChI=1S/C14H22N2O/c1-10-8-6-7-9-12(10)15-11(2)13(17)16-14(3,4)5/h6-9,11,15H,1-5H3,(H,16,17). The molecule has 1 rings (SSSR count). The van der Waals surface area contributed by atoms with Crippen LogP contribution in [0.5, 0.6) is 0 Å². The van der Waals surface area contributed by atoms with Crippen molar-refractivity contribution < 1.29 is 4.79 Å². The summed E-state index contributed by atoms with van der Waals surface area (Å²) in [6, 6.07) is 7.71. The van der Waals surface area contributed by atoms with Crippen LogP contribution in [-0.2, 0) is 4.79 Å². The number of para-hydroxylation sites is 1. The first-order chi connectivity index (χ1) is 7.79. The van der Waals surface area contributed by atoms with Gasteiger partial charge in [0.1, 0.15) is 6.04 Å². The van der Waals surface area contributed by atoms with Crippen LogP contribution in [0.3, 0.4) is 0 Å². The van der Waals surface area contributed by atoms with Gasteiger partial charge in [-0.05, 0) is 46.2 Å². The molecule has 94 valence electrons. The number of benzene rings is 1. The predicted octanol–water partition coefficient (Wildman–Crippen LogP) is 2.71. The quantitative estimate of drug-likeness (QED) is 0.844. The second-order valence-corrected chi connectivity index (χ2v) is 5.42. The van der Waals surface area contributed by atoms with Crippen LogP contribution in [0.4, 0.5) is 5.69 Å². The summed E-state index contributed by atoms with van der Waals surface area (Å²) in [5.74, 6) is 0.0146. The molecule has 3 heteroatoms. The maximum atomic E-state index is 11.9. The van der Waals surface area contributed by atoms with Gasteiger partial charge in [0, 0.05) is 11.2 Å². The van der Waals surface area contributed by atoms with Gasteiger partial charge in [0.25, 0.3) is 0 Å². The van der Waals surface area contributed by atoms with E-state index in [0.717, 1.165) is 11.3 Å². The summed E-state index contributed by atoms with van der Waals surface area (Å²) in [6.45, 7) is 9.83. The lowest BCUT2D eigenvalue weighted by Crippen LogP contribution is -2.47. The average molecular weight is 234 g/mol. The van der Waals surface area contributed by atoms with Gasteiger partial charge in [0.2, 0.25) is 5.91 Å². The third-order valence-electron chi connectivity index (χ3n) is 2.41. The Morgan fingerprint density at radius 1 is 1.24 bits per heavy atom. The van der Waals surface area contributed by atoms with E-state index in [-0.39, 0.29) is 17.5 Å². The van der Waals surface area contributed by atoms with E-state index in [4.69, 9.17) is 0 Å². The molecule has 1 unspecified atom stereocenters. The second-order valence-electron chi connectivity index (χ2n) is 5.42. The van der Waals surface area contributed by atoms with Gasteiger partial charge in [-0.3, -0.25) is 4.79 Å². The van der Waals surface area contributed by atoms with Crippen molar-refractivity contribution in [2.24, 2.45) is 0 Å². The summed E-state index contributed by atoms with van der Waals surface area (Å²) in [5, 5.41) is 6.18. The van der Waals surface area contributed by atoms with Crippen molar-refractivity contribution >= 4 is 11.6 Å². The number of rotatable bonds is 3. The number of amides is 1. The smallest absolute Gasteiger partial charge is 0.242 e.